The summed E-state index contributed by atoms with van der Waals surface area (Å²) >= 11 is 5.83. The van der Waals surface area contributed by atoms with Gasteiger partial charge >= 0.3 is 0 Å². The molecule has 0 aliphatic rings. The molecule has 0 radical (unpaired) electrons. The summed E-state index contributed by atoms with van der Waals surface area (Å²) in [6.07, 6.45) is 1.54. The average Bonchev–Trinajstić information content (AvgIpc) is 2.16. The summed E-state index contributed by atoms with van der Waals surface area (Å²) < 4.78 is 0. The van der Waals surface area contributed by atoms with Crippen LogP contribution in [0.5, 0.6) is 0 Å². The van der Waals surface area contributed by atoms with Crippen LogP contribution in [0, 0.1) is 0 Å². The van der Waals surface area contributed by atoms with Crippen LogP contribution in [-0.4, -0.2) is 5.11 Å². The van der Waals surface area contributed by atoms with Gasteiger partial charge in [-0.25, -0.2) is 0 Å². The van der Waals surface area contributed by atoms with Crippen molar-refractivity contribution in [2.45, 2.75) is 12.5 Å². The van der Waals surface area contributed by atoms with Gasteiger partial charge in [-0.15, -0.1) is 0 Å². The van der Waals surface area contributed by atoms with Crippen molar-refractivity contribution in [3.05, 3.63) is 59.7 Å². The van der Waals surface area contributed by atoms with Crippen molar-refractivity contribution >= 4 is 11.6 Å². The Morgan fingerprint density at radius 1 is 1.57 bits per heavy atom. The standard InChI is InChI=1S/C12H13ClO/c1-4-9(2)12(3,14)10-6-5-7-11(13)8-10/h4-8,14H,1-2H2,3H3. The van der Waals surface area contributed by atoms with E-state index in [0.717, 1.165) is 5.56 Å². The lowest BCUT2D eigenvalue weighted by Gasteiger charge is -2.24. The van der Waals surface area contributed by atoms with Crippen molar-refractivity contribution in [1.29, 1.82) is 0 Å². The lowest BCUT2D eigenvalue weighted by atomic mass is 9.89. The largest absolute Gasteiger partial charge is 0.381 e. The lowest BCUT2D eigenvalue weighted by Crippen LogP contribution is -2.22. The van der Waals surface area contributed by atoms with Crippen molar-refractivity contribution in [2.75, 3.05) is 0 Å². The molecular weight excluding hydrogens is 196 g/mol. The van der Waals surface area contributed by atoms with E-state index in [-0.39, 0.29) is 0 Å². The Labute approximate surface area is 89.3 Å². The zero-order valence-electron chi connectivity index (χ0n) is 8.13. The van der Waals surface area contributed by atoms with Crippen LogP contribution in [0.2, 0.25) is 5.02 Å². The molecule has 0 aromatic heterocycles. The highest BCUT2D eigenvalue weighted by Gasteiger charge is 2.24. The Kier molecular flexibility index (Phi) is 3.14. The predicted octanol–water partition coefficient (Wildman–Crippen LogP) is 3.29. The van der Waals surface area contributed by atoms with Gasteiger partial charge in [-0.1, -0.05) is 43.0 Å². The minimum Gasteiger partial charge on any atom is -0.381 e. The van der Waals surface area contributed by atoms with E-state index < -0.39 is 5.60 Å². The van der Waals surface area contributed by atoms with Crippen molar-refractivity contribution in [3.8, 4) is 0 Å². The molecule has 0 bridgehead atoms. The van der Waals surface area contributed by atoms with Gasteiger partial charge in [-0.2, -0.15) is 0 Å². The minimum atomic E-state index is -1.10. The van der Waals surface area contributed by atoms with Gasteiger partial charge in [0.25, 0.3) is 0 Å². The van der Waals surface area contributed by atoms with E-state index in [4.69, 9.17) is 11.6 Å². The number of rotatable bonds is 3. The molecule has 0 saturated heterocycles. The maximum atomic E-state index is 10.1. The maximum Gasteiger partial charge on any atom is 0.111 e. The molecule has 0 saturated carbocycles. The second kappa shape index (κ2) is 3.99. The van der Waals surface area contributed by atoms with Crippen molar-refractivity contribution in [1.82, 2.24) is 0 Å². The molecule has 74 valence electrons. The fraction of sp³-hybridized carbons (Fsp3) is 0.167. The number of halogens is 1. The normalized spacial score (nSPS) is 14.5. The van der Waals surface area contributed by atoms with E-state index in [1.165, 1.54) is 0 Å². The molecule has 0 aliphatic carbocycles. The third kappa shape index (κ3) is 2.06. The molecule has 0 aliphatic heterocycles. The molecule has 0 amide bonds. The van der Waals surface area contributed by atoms with Gasteiger partial charge < -0.3 is 5.11 Å². The molecule has 1 atom stereocenters. The Morgan fingerprint density at radius 3 is 2.71 bits per heavy atom. The van der Waals surface area contributed by atoms with Crippen LogP contribution in [0.25, 0.3) is 0 Å². The van der Waals surface area contributed by atoms with E-state index >= 15 is 0 Å². The molecule has 0 spiro atoms. The molecule has 1 rings (SSSR count). The summed E-state index contributed by atoms with van der Waals surface area (Å²) in [4.78, 5) is 0. The minimum absolute atomic E-state index is 0.555. The van der Waals surface area contributed by atoms with Crippen LogP contribution < -0.4 is 0 Å². The molecule has 1 aromatic rings. The van der Waals surface area contributed by atoms with Crippen LogP contribution in [0.3, 0.4) is 0 Å². The van der Waals surface area contributed by atoms with Crippen molar-refractivity contribution in [2.24, 2.45) is 0 Å². The van der Waals surface area contributed by atoms with Crippen molar-refractivity contribution in [3.63, 3.8) is 0 Å². The predicted molar refractivity (Wildman–Crippen MR) is 60.4 cm³/mol. The summed E-state index contributed by atoms with van der Waals surface area (Å²) in [6, 6.07) is 7.08. The molecule has 1 N–H and O–H groups in total. The van der Waals surface area contributed by atoms with E-state index in [1.54, 1.807) is 37.3 Å². The Balaban J connectivity index is 3.15. The summed E-state index contributed by atoms with van der Waals surface area (Å²) in [6.45, 7) is 8.99. The van der Waals surface area contributed by atoms with Gasteiger partial charge in [0.2, 0.25) is 0 Å². The van der Waals surface area contributed by atoms with Crippen LogP contribution >= 0.6 is 11.6 Å². The smallest absolute Gasteiger partial charge is 0.111 e. The van der Waals surface area contributed by atoms with E-state index in [1.807, 2.05) is 0 Å². The van der Waals surface area contributed by atoms with Gasteiger partial charge in [-0.3, -0.25) is 0 Å². The Morgan fingerprint density at radius 2 is 2.21 bits per heavy atom. The highest BCUT2D eigenvalue weighted by Crippen LogP contribution is 2.29. The molecule has 1 aromatic carbocycles. The average molecular weight is 209 g/mol. The summed E-state index contributed by atoms with van der Waals surface area (Å²) in [7, 11) is 0. The highest BCUT2D eigenvalue weighted by atomic mass is 35.5. The van der Waals surface area contributed by atoms with E-state index in [9.17, 15) is 5.11 Å². The molecule has 1 unspecified atom stereocenters. The van der Waals surface area contributed by atoms with E-state index in [0.29, 0.717) is 10.6 Å². The molecule has 14 heavy (non-hydrogen) atoms. The fourth-order valence-corrected chi connectivity index (χ4v) is 1.37. The zero-order valence-corrected chi connectivity index (χ0v) is 8.88. The first-order chi connectivity index (χ1) is 6.48. The fourth-order valence-electron chi connectivity index (χ4n) is 1.18. The molecule has 2 heteroatoms. The Hall–Kier alpha value is -1.05. The van der Waals surface area contributed by atoms with Crippen LogP contribution in [0.1, 0.15) is 12.5 Å². The zero-order chi connectivity index (χ0) is 10.8. The van der Waals surface area contributed by atoms with Gasteiger partial charge in [-0.05, 0) is 30.2 Å². The first kappa shape index (κ1) is 11.0. The monoisotopic (exact) mass is 208 g/mol. The topological polar surface area (TPSA) is 20.2 Å². The molecule has 1 nitrogen and oxygen atoms in total. The summed E-state index contributed by atoms with van der Waals surface area (Å²) in [5, 5.41) is 10.7. The second-order valence-electron chi connectivity index (χ2n) is 3.31. The maximum absolute atomic E-state index is 10.1. The molecular formula is C12H13ClO. The van der Waals surface area contributed by atoms with Crippen LogP contribution in [0.15, 0.2) is 49.1 Å². The van der Waals surface area contributed by atoms with Gasteiger partial charge in [0.05, 0.1) is 0 Å². The second-order valence-corrected chi connectivity index (χ2v) is 3.75. The van der Waals surface area contributed by atoms with Crippen LogP contribution in [0.4, 0.5) is 0 Å². The number of hydrogen-bond acceptors (Lipinski definition) is 1. The number of aliphatic hydroxyl groups is 1. The van der Waals surface area contributed by atoms with Gasteiger partial charge in [0.1, 0.15) is 5.60 Å². The SMILES string of the molecule is C=CC(=C)C(C)(O)c1cccc(Cl)c1. The van der Waals surface area contributed by atoms with Gasteiger partial charge in [0.15, 0.2) is 0 Å². The number of benzene rings is 1. The third-order valence-corrected chi connectivity index (χ3v) is 2.49. The number of hydrogen-bond donors (Lipinski definition) is 1. The van der Waals surface area contributed by atoms with Gasteiger partial charge in [0, 0.05) is 5.02 Å². The highest BCUT2D eigenvalue weighted by molar-refractivity contribution is 6.30. The lowest BCUT2D eigenvalue weighted by molar-refractivity contribution is 0.102. The van der Waals surface area contributed by atoms with Crippen molar-refractivity contribution < 1.29 is 5.11 Å². The first-order valence-electron chi connectivity index (χ1n) is 4.28. The third-order valence-electron chi connectivity index (χ3n) is 2.26. The van der Waals surface area contributed by atoms with E-state index in [2.05, 4.69) is 13.2 Å². The Bertz CT molecular complexity index is 366. The molecule has 0 heterocycles. The summed E-state index contributed by atoms with van der Waals surface area (Å²) in [5.41, 5.74) is 0.168. The van der Waals surface area contributed by atoms with Crippen LogP contribution in [-0.2, 0) is 5.60 Å². The summed E-state index contributed by atoms with van der Waals surface area (Å²) in [5.74, 6) is 0. The first-order valence-corrected chi connectivity index (χ1v) is 4.66. The quantitative estimate of drug-likeness (QED) is 0.756. The molecule has 0 fully saturated rings.